The number of aryl methyl sites for hydroxylation is 1. The highest BCUT2D eigenvalue weighted by atomic mass is 32.2. The standard InChI is InChI=1S/C13H23N3O3S/c1-4-16(13-10-12(17)7-6-11(13)2)20(18,19)15(3)9-5-8-14/h6-7,10,17H,4-5,8-9,14H2,1-3H3. The van der Waals surface area contributed by atoms with E-state index in [4.69, 9.17) is 5.73 Å². The Morgan fingerprint density at radius 3 is 2.55 bits per heavy atom. The van der Waals surface area contributed by atoms with Crippen molar-refractivity contribution in [1.82, 2.24) is 4.31 Å². The fourth-order valence-corrected chi connectivity index (χ4v) is 3.39. The lowest BCUT2D eigenvalue weighted by molar-refractivity contribution is 0.460. The molecule has 0 amide bonds. The molecule has 7 heteroatoms. The van der Waals surface area contributed by atoms with Gasteiger partial charge in [-0.1, -0.05) is 6.07 Å². The molecular formula is C13H23N3O3S. The van der Waals surface area contributed by atoms with Crippen LogP contribution in [0, 0.1) is 6.92 Å². The van der Waals surface area contributed by atoms with Crippen LogP contribution in [0.15, 0.2) is 18.2 Å². The van der Waals surface area contributed by atoms with Crippen molar-refractivity contribution in [3.63, 3.8) is 0 Å². The summed E-state index contributed by atoms with van der Waals surface area (Å²) in [5.74, 6) is 0.0452. The molecule has 0 atom stereocenters. The molecule has 0 fully saturated rings. The Bertz CT molecular complexity index is 546. The summed E-state index contributed by atoms with van der Waals surface area (Å²) in [6, 6.07) is 4.70. The van der Waals surface area contributed by atoms with Crippen LogP contribution in [0.4, 0.5) is 5.69 Å². The number of hydrogen-bond acceptors (Lipinski definition) is 4. The molecule has 0 bridgehead atoms. The van der Waals surface area contributed by atoms with Crippen LogP contribution in [0.25, 0.3) is 0 Å². The first-order valence-electron chi connectivity index (χ1n) is 6.58. The van der Waals surface area contributed by atoms with Gasteiger partial charge in [0.15, 0.2) is 0 Å². The van der Waals surface area contributed by atoms with Crippen LogP contribution in [0.2, 0.25) is 0 Å². The Kier molecular flexibility index (Phi) is 5.79. The summed E-state index contributed by atoms with van der Waals surface area (Å²) in [7, 11) is -2.08. The lowest BCUT2D eigenvalue weighted by atomic mass is 10.2. The maximum absolute atomic E-state index is 12.6. The summed E-state index contributed by atoms with van der Waals surface area (Å²) in [4.78, 5) is 0. The minimum absolute atomic E-state index is 0.0452. The van der Waals surface area contributed by atoms with Gasteiger partial charge in [-0.2, -0.15) is 12.7 Å². The van der Waals surface area contributed by atoms with E-state index < -0.39 is 10.2 Å². The average molecular weight is 301 g/mol. The maximum atomic E-state index is 12.6. The zero-order chi connectivity index (χ0) is 15.3. The highest BCUT2D eigenvalue weighted by molar-refractivity contribution is 7.90. The largest absolute Gasteiger partial charge is 0.508 e. The van der Waals surface area contributed by atoms with E-state index >= 15 is 0 Å². The molecule has 0 aliphatic rings. The van der Waals surface area contributed by atoms with Crippen molar-refractivity contribution < 1.29 is 13.5 Å². The van der Waals surface area contributed by atoms with Crippen molar-refractivity contribution in [2.24, 2.45) is 5.73 Å². The SMILES string of the molecule is CCN(c1cc(O)ccc1C)S(=O)(=O)N(C)CCCN. The number of rotatable bonds is 7. The predicted octanol–water partition coefficient (Wildman–Crippen LogP) is 1.05. The second kappa shape index (κ2) is 6.92. The number of hydrogen-bond donors (Lipinski definition) is 2. The molecule has 6 nitrogen and oxygen atoms in total. The summed E-state index contributed by atoms with van der Waals surface area (Å²) in [5, 5.41) is 9.58. The molecule has 0 radical (unpaired) electrons. The highest BCUT2D eigenvalue weighted by Gasteiger charge is 2.26. The maximum Gasteiger partial charge on any atom is 0.303 e. The van der Waals surface area contributed by atoms with Crippen molar-refractivity contribution >= 4 is 15.9 Å². The molecule has 0 spiro atoms. The van der Waals surface area contributed by atoms with Gasteiger partial charge in [0, 0.05) is 26.2 Å². The Labute approximate surface area is 121 Å². The molecule has 1 rings (SSSR count). The van der Waals surface area contributed by atoms with E-state index in [0.717, 1.165) is 5.56 Å². The zero-order valence-corrected chi connectivity index (χ0v) is 13.0. The Balaban J connectivity index is 3.14. The van der Waals surface area contributed by atoms with Crippen LogP contribution in [-0.2, 0) is 10.2 Å². The van der Waals surface area contributed by atoms with Crippen LogP contribution in [0.5, 0.6) is 5.75 Å². The van der Waals surface area contributed by atoms with E-state index in [9.17, 15) is 13.5 Å². The van der Waals surface area contributed by atoms with Crippen molar-refractivity contribution in [2.45, 2.75) is 20.3 Å². The summed E-state index contributed by atoms with van der Waals surface area (Å²) >= 11 is 0. The summed E-state index contributed by atoms with van der Waals surface area (Å²) in [6.07, 6.45) is 0.603. The van der Waals surface area contributed by atoms with Gasteiger partial charge in [0.25, 0.3) is 0 Å². The molecule has 1 aromatic rings. The molecule has 0 aromatic heterocycles. The molecule has 0 unspecified atom stereocenters. The van der Waals surface area contributed by atoms with E-state index in [1.807, 2.05) is 6.92 Å². The van der Waals surface area contributed by atoms with Crippen LogP contribution in [0.3, 0.4) is 0 Å². The van der Waals surface area contributed by atoms with E-state index in [1.165, 1.54) is 27.8 Å². The van der Waals surface area contributed by atoms with Gasteiger partial charge >= 0.3 is 10.2 Å². The third-order valence-corrected chi connectivity index (χ3v) is 5.08. The lowest BCUT2D eigenvalue weighted by Gasteiger charge is -2.29. The van der Waals surface area contributed by atoms with Crippen LogP contribution in [-0.4, -0.2) is 44.5 Å². The van der Waals surface area contributed by atoms with E-state index in [0.29, 0.717) is 31.7 Å². The van der Waals surface area contributed by atoms with Gasteiger partial charge in [-0.25, -0.2) is 0 Å². The van der Waals surface area contributed by atoms with E-state index in [2.05, 4.69) is 0 Å². The topological polar surface area (TPSA) is 86.9 Å². The van der Waals surface area contributed by atoms with E-state index in [-0.39, 0.29) is 5.75 Å². The van der Waals surface area contributed by atoms with Gasteiger partial charge < -0.3 is 10.8 Å². The molecule has 3 N–H and O–H groups in total. The molecule has 0 aliphatic carbocycles. The first kappa shape index (κ1) is 16.7. The predicted molar refractivity (Wildman–Crippen MR) is 81.1 cm³/mol. The van der Waals surface area contributed by atoms with Crippen LogP contribution >= 0.6 is 0 Å². The third kappa shape index (κ3) is 3.62. The third-order valence-electron chi connectivity index (χ3n) is 3.10. The highest BCUT2D eigenvalue weighted by Crippen LogP contribution is 2.27. The first-order valence-corrected chi connectivity index (χ1v) is 7.98. The molecule has 0 heterocycles. The summed E-state index contributed by atoms with van der Waals surface area (Å²) in [6.45, 7) is 4.68. The van der Waals surface area contributed by atoms with Gasteiger partial charge in [-0.3, -0.25) is 4.31 Å². The second-order valence-corrected chi connectivity index (χ2v) is 6.57. The number of phenolic OH excluding ortho intramolecular Hbond substituents is 1. The van der Waals surface area contributed by atoms with Crippen molar-refractivity contribution in [3.8, 4) is 5.75 Å². The minimum Gasteiger partial charge on any atom is -0.508 e. The monoisotopic (exact) mass is 301 g/mol. The normalized spacial score (nSPS) is 11.8. The van der Waals surface area contributed by atoms with E-state index in [1.54, 1.807) is 13.0 Å². The zero-order valence-electron chi connectivity index (χ0n) is 12.2. The average Bonchev–Trinajstić information content (AvgIpc) is 2.40. The van der Waals surface area contributed by atoms with Gasteiger partial charge in [0.2, 0.25) is 0 Å². The molecule has 0 saturated heterocycles. The van der Waals surface area contributed by atoms with Crippen molar-refractivity contribution in [3.05, 3.63) is 23.8 Å². The Hall–Kier alpha value is -1.31. The minimum atomic E-state index is -3.62. The van der Waals surface area contributed by atoms with Gasteiger partial charge in [-0.05, 0) is 38.4 Å². The number of phenols is 1. The quantitative estimate of drug-likeness (QED) is 0.788. The van der Waals surface area contributed by atoms with Crippen LogP contribution in [0.1, 0.15) is 18.9 Å². The second-order valence-electron chi connectivity index (χ2n) is 4.61. The van der Waals surface area contributed by atoms with Gasteiger partial charge in [-0.15, -0.1) is 0 Å². The van der Waals surface area contributed by atoms with Crippen molar-refractivity contribution in [1.29, 1.82) is 0 Å². The Morgan fingerprint density at radius 1 is 1.35 bits per heavy atom. The van der Waals surface area contributed by atoms with Gasteiger partial charge in [0.1, 0.15) is 5.75 Å². The number of nitrogens with two attached hydrogens (primary N) is 1. The smallest absolute Gasteiger partial charge is 0.303 e. The number of anilines is 1. The van der Waals surface area contributed by atoms with Crippen LogP contribution < -0.4 is 10.0 Å². The molecular weight excluding hydrogens is 278 g/mol. The molecule has 20 heavy (non-hydrogen) atoms. The fourth-order valence-electron chi connectivity index (χ4n) is 1.92. The first-order chi connectivity index (χ1) is 9.34. The Morgan fingerprint density at radius 2 is 2.00 bits per heavy atom. The number of nitrogens with zero attached hydrogens (tertiary/aromatic N) is 2. The molecule has 0 aliphatic heterocycles. The molecule has 0 saturated carbocycles. The molecule has 1 aromatic carbocycles. The fraction of sp³-hybridized carbons (Fsp3) is 0.538. The van der Waals surface area contributed by atoms with Crippen molar-refractivity contribution in [2.75, 3.05) is 31.0 Å². The molecule has 114 valence electrons. The summed E-state index contributed by atoms with van der Waals surface area (Å²) < 4.78 is 27.7. The lowest BCUT2D eigenvalue weighted by Crippen LogP contribution is -2.43. The number of aromatic hydroxyl groups is 1. The van der Waals surface area contributed by atoms with Gasteiger partial charge in [0.05, 0.1) is 5.69 Å². The summed E-state index contributed by atoms with van der Waals surface area (Å²) in [5.41, 5.74) is 6.70. The number of benzene rings is 1.